The molecular weight excluding hydrogens is 286 g/mol. The van der Waals surface area contributed by atoms with Gasteiger partial charge in [-0.3, -0.25) is 14.9 Å². The number of benzene rings is 1. The average Bonchev–Trinajstić information content (AvgIpc) is 2.45. The number of carbonyl (C=O) groups is 3. The van der Waals surface area contributed by atoms with Gasteiger partial charge in [-0.1, -0.05) is 6.92 Å². The van der Waals surface area contributed by atoms with Crippen molar-refractivity contribution in [2.75, 3.05) is 11.9 Å². The van der Waals surface area contributed by atoms with Crippen LogP contribution in [0.2, 0.25) is 0 Å². The van der Waals surface area contributed by atoms with Gasteiger partial charge in [-0.2, -0.15) is 0 Å². The van der Waals surface area contributed by atoms with Gasteiger partial charge in [-0.15, -0.1) is 0 Å². The largest absolute Gasteiger partial charge is 0.484 e. The molecule has 4 amide bonds. The van der Waals surface area contributed by atoms with Gasteiger partial charge in [-0.05, 0) is 37.6 Å². The number of hydrogen-bond acceptors (Lipinski definition) is 4. The highest BCUT2D eigenvalue weighted by atomic mass is 16.5. The number of rotatable bonds is 6. The summed E-state index contributed by atoms with van der Waals surface area (Å²) in [6.45, 7) is 4.92. The van der Waals surface area contributed by atoms with Crippen molar-refractivity contribution >= 4 is 23.5 Å². The van der Waals surface area contributed by atoms with Crippen LogP contribution in [0.1, 0.15) is 27.2 Å². The first-order chi connectivity index (χ1) is 10.4. The maximum Gasteiger partial charge on any atom is 0.321 e. The Kier molecular flexibility index (Phi) is 6.88. The molecule has 7 nitrogen and oxygen atoms in total. The summed E-state index contributed by atoms with van der Waals surface area (Å²) in [6, 6.07) is 6.02. The smallest absolute Gasteiger partial charge is 0.321 e. The van der Waals surface area contributed by atoms with Crippen LogP contribution < -0.4 is 20.7 Å². The second kappa shape index (κ2) is 8.66. The average molecular weight is 307 g/mol. The van der Waals surface area contributed by atoms with E-state index in [4.69, 9.17) is 4.74 Å². The molecule has 1 aromatic carbocycles. The van der Waals surface area contributed by atoms with Gasteiger partial charge >= 0.3 is 6.03 Å². The Hall–Kier alpha value is -2.57. The molecule has 0 heterocycles. The highest BCUT2D eigenvalue weighted by Gasteiger charge is 2.10. The van der Waals surface area contributed by atoms with E-state index in [0.29, 0.717) is 11.4 Å². The maximum absolute atomic E-state index is 11.6. The lowest BCUT2D eigenvalue weighted by Crippen LogP contribution is -2.44. The Balaban J connectivity index is 2.37. The van der Waals surface area contributed by atoms with Crippen LogP contribution in [0.15, 0.2) is 24.3 Å². The third kappa shape index (κ3) is 6.74. The van der Waals surface area contributed by atoms with Crippen molar-refractivity contribution in [1.82, 2.24) is 10.6 Å². The molecule has 0 spiro atoms. The number of hydrogen-bond donors (Lipinski definition) is 3. The zero-order chi connectivity index (χ0) is 16.5. The van der Waals surface area contributed by atoms with Crippen molar-refractivity contribution < 1.29 is 19.1 Å². The molecule has 0 saturated heterocycles. The molecule has 7 heteroatoms. The molecule has 3 N–H and O–H groups in total. The first kappa shape index (κ1) is 17.5. The summed E-state index contributed by atoms with van der Waals surface area (Å²) in [5.74, 6) is -0.237. The van der Waals surface area contributed by atoms with Crippen LogP contribution >= 0.6 is 0 Å². The number of anilines is 1. The molecule has 0 radical (unpaired) electrons. The first-order valence-electron chi connectivity index (χ1n) is 7.01. The SMILES string of the molecule is CC[C@@H](C)NC(=O)NC(=O)COc1ccc(NC(C)=O)cc1. The van der Waals surface area contributed by atoms with Gasteiger partial charge in [0.25, 0.3) is 5.91 Å². The van der Waals surface area contributed by atoms with Gasteiger partial charge in [0.15, 0.2) is 6.61 Å². The van der Waals surface area contributed by atoms with E-state index in [1.807, 2.05) is 13.8 Å². The monoisotopic (exact) mass is 307 g/mol. The van der Waals surface area contributed by atoms with E-state index in [9.17, 15) is 14.4 Å². The van der Waals surface area contributed by atoms with E-state index >= 15 is 0 Å². The van der Waals surface area contributed by atoms with Crippen LogP contribution in [0.5, 0.6) is 5.75 Å². The minimum absolute atomic E-state index is 0.00459. The number of nitrogens with one attached hydrogen (secondary N) is 3. The van der Waals surface area contributed by atoms with Crippen LogP contribution in [-0.2, 0) is 9.59 Å². The lowest BCUT2D eigenvalue weighted by molar-refractivity contribution is -0.122. The molecule has 1 aromatic rings. The molecule has 0 unspecified atom stereocenters. The van der Waals surface area contributed by atoms with Crippen LogP contribution in [0.25, 0.3) is 0 Å². The van der Waals surface area contributed by atoms with Crippen molar-refractivity contribution in [2.24, 2.45) is 0 Å². The molecule has 0 aliphatic rings. The molecule has 0 aromatic heterocycles. The highest BCUT2D eigenvalue weighted by Crippen LogP contribution is 2.15. The van der Waals surface area contributed by atoms with Crippen LogP contribution in [0.3, 0.4) is 0 Å². The lowest BCUT2D eigenvalue weighted by Gasteiger charge is -2.12. The summed E-state index contributed by atoms with van der Waals surface area (Å²) in [7, 11) is 0. The number of imide groups is 1. The van der Waals surface area contributed by atoms with Gasteiger partial charge < -0.3 is 15.4 Å². The van der Waals surface area contributed by atoms with Gasteiger partial charge in [0.1, 0.15) is 5.75 Å². The molecule has 0 aliphatic heterocycles. The van der Waals surface area contributed by atoms with Gasteiger partial charge in [-0.25, -0.2) is 4.79 Å². The van der Waals surface area contributed by atoms with Gasteiger partial charge in [0, 0.05) is 18.7 Å². The summed E-state index contributed by atoms with van der Waals surface area (Å²) >= 11 is 0. The molecule has 0 bridgehead atoms. The summed E-state index contributed by atoms with van der Waals surface area (Å²) in [5.41, 5.74) is 0.636. The summed E-state index contributed by atoms with van der Waals surface area (Å²) in [5, 5.41) is 7.42. The van der Waals surface area contributed by atoms with E-state index in [1.165, 1.54) is 6.92 Å². The van der Waals surface area contributed by atoms with Crippen molar-refractivity contribution in [3.63, 3.8) is 0 Å². The second-order valence-electron chi connectivity index (χ2n) is 4.83. The van der Waals surface area contributed by atoms with E-state index in [0.717, 1.165) is 6.42 Å². The Morgan fingerprint density at radius 1 is 1.18 bits per heavy atom. The second-order valence-corrected chi connectivity index (χ2v) is 4.83. The minimum atomic E-state index is -0.538. The Morgan fingerprint density at radius 2 is 1.82 bits per heavy atom. The molecule has 0 aliphatic carbocycles. The van der Waals surface area contributed by atoms with Crippen molar-refractivity contribution in [3.8, 4) is 5.75 Å². The van der Waals surface area contributed by atoms with E-state index in [2.05, 4.69) is 16.0 Å². The van der Waals surface area contributed by atoms with Crippen molar-refractivity contribution in [2.45, 2.75) is 33.2 Å². The molecule has 1 rings (SSSR count). The zero-order valence-corrected chi connectivity index (χ0v) is 12.9. The Labute approximate surface area is 129 Å². The predicted molar refractivity (Wildman–Crippen MR) is 82.7 cm³/mol. The van der Waals surface area contributed by atoms with E-state index < -0.39 is 11.9 Å². The first-order valence-corrected chi connectivity index (χ1v) is 7.01. The summed E-state index contributed by atoms with van der Waals surface area (Å²) < 4.78 is 5.26. The normalized spacial score (nSPS) is 11.2. The molecule has 120 valence electrons. The van der Waals surface area contributed by atoms with Crippen molar-refractivity contribution in [3.05, 3.63) is 24.3 Å². The highest BCUT2D eigenvalue weighted by molar-refractivity contribution is 5.95. The Bertz CT molecular complexity index is 528. The number of carbonyl (C=O) groups excluding carboxylic acids is 3. The fraction of sp³-hybridized carbons (Fsp3) is 0.400. The number of amides is 4. The molecule has 0 fully saturated rings. The van der Waals surface area contributed by atoms with Gasteiger partial charge in [0.2, 0.25) is 5.91 Å². The molecule has 1 atom stereocenters. The van der Waals surface area contributed by atoms with Crippen LogP contribution in [-0.4, -0.2) is 30.5 Å². The third-order valence-electron chi connectivity index (χ3n) is 2.79. The maximum atomic E-state index is 11.6. The van der Waals surface area contributed by atoms with E-state index in [1.54, 1.807) is 24.3 Å². The van der Waals surface area contributed by atoms with Crippen LogP contribution in [0.4, 0.5) is 10.5 Å². The number of urea groups is 1. The van der Waals surface area contributed by atoms with Crippen molar-refractivity contribution in [1.29, 1.82) is 0 Å². The molecule has 0 saturated carbocycles. The zero-order valence-electron chi connectivity index (χ0n) is 12.9. The van der Waals surface area contributed by atoms with Crippen LogP contribution in [0, 0.1) is 0 Å². The van der Waals surface area contributed by atoms with E-state index in [-0.39, 0.29) is 18.6 Å². The third-order valence-corrected chi connectivity index (χ3v) is 2.79. The lowest BCUT2D eigenvalue weighted by atomic mass is 10.3. The fourth-order valence-corrected chi connectivity index (χ4v) is 1.51. The standard InChI is InChI=1S/C15H21N3O4/c1-4-10(2)16-15(21)18-14(20)9-22-13-7-5-12(6-8-13)17-11(3)19/h5-8,10H,4,9H2,1-3H3,(H,17,19)(H2,16,18,20,21)/t10-/m1/s1. The topological polar surface area (TPSA) is 96.5 Å². The molecule has 22 heavy (non-hydrogen) atoms. The summed E-state index contributed by atoms with van der Waals surface area (Å²) in [6.07, 6.45) is 0.777. The predicted octanol–water partition coefficient (Wildman–Crippen LogP) is 1.65. The minimum Gasteiger partial charge on any atom is -0.484 e. The number of ether oxygens (including phenoxy) is 1. The van der Waals surface area contributed by atoms with Gasteiger partial charge in [0.05, 0.1) is 0 Å². The fourth-order valence-electron chi connectivity index (χ4n) is 1.51. The summed E-state index contributed by atoms with van der Waals surface area (Å²) in [4.78, 5) is 33.9. The molecular formula is C15H21N3O4. The quantitative estimate of drug-likeness (QED) is 0.744. The Morgan fingerprint density at radius 3 is 2.36 bits per heavy atom.